The molecule has 4 heteroatoms. The van der Waals surface area contributed by atoms with Gasteiger partial charge in [-0.05, 0) is 20.8 Å². The van der Waals surface area contributed by atoms with Gasteiger partial charge in [-0.2, -0.15) is 0 Å². The number of Topliss-reactive ketones (excluding diaryl/α,β-unsaturated/α-hetero) is 1. The number of carbonyl (C=O) groups excluding carboxylic acids is 2. The molecule has 76 valence electrons. The Balaban J connectivity index is 3.96. The Morgan fingerprint density at radius 3 is 2.31 bits per heavy atom. The van der Waals surface area contributed by atoms with Crippen molar-refractivity contribution in [2.24, 2.45) is 0 Å². The van der Waals surface area contributed by atoms with Gasteiger partial charge in [-0.3, -0.25) is 9.59 Å². The molecule has 0 bridgehead atoms. The lowest BCUT2D eigenvalue weighted by atomic mass is 10.1. The Hall–Kier alpha value is -0.900. The molecule has 4 nitrogen and oxygen atoms in total. The number of carbonyl (C=O) groups is 2. The summed E-state index contributed by atoms with van der Waals surface area (Å²) in [6, 6.07) is 0. The summed E-state index contributed by atoms with van der Waals surface area (Å²) in [5, 5.41) is 2.70. The average molecular weight is 187 g/mol. The Morgan fingerprint density at radius 1 is 1.38 bits per heavy atom. The number of nitrogens with one attached hydrogen (secondary N) is 1. The summed E-state index contributed by atoms with van der Waals surface area (Å²) < 4.78 is 4.91. The van der Waals surface area contributed by atoms with Gasteiger partial charge in [0.15, 0.2) is 0 Å². The van der Waals surface area contributed by atoms with Crippen molar-refractivity contribution in [1.82, 2.24) is 5.32 Å². The van der Waals surface area contributed by atoms with Crippen molar-refractivity contribution in [1.29, 1.82) is 0 Å². The van der Waals surface area contributed by atoms with E-state index in [1.165, 1.54) is 6.92 Å². The van der Waals surface area contributed by atoms with E-state index >= 15 is 0 Å². The lowest BCUT2D eigenvalue weighted by Crippen LogP contribution is -2.47. The highest BCUT2D eigenvalue weighted by Gasteiger charge is 2.20. The number of ketones is 1. The first-order valence-corrected chi connectivity index (χ1v) is 4.17. The smallest absolute Gasteiger partial charge is 0.227 e. The van der Waals surface area contributed by atoms with Crippen LogP contribution >= 0.6 is 0 Å². The maximum absolute atomic E-state index is 11.2. The van der Waals surface area contributed by atoms with E-state index in [0.717, 1.165) is 0 Å². The lowest BCUT2D eigenvalue weighted by molar-refractivity contribution is -0.128. The first-order valence-electron chi connectivity index (χ1n) is 4.17. The molecular formula is C9H17NO3. The number of amides is 1. The second kappa shape index (κ2) is 4.97. The standard InChI is InChI=1S/C9H17NO3/c1-7(11)5-8(12)10-9(2,3)6-13-4/h5-6H2,1-4H3,(H,10,12). The fourth-order valence-corrected chi connectivity index (χ4v) is 1.04. The van der Waals surface area contributed by atoms with Gasteiger partial charge in [0, 0.05) is 7.11 Å². The number of rotatable bonds is 5. The molecule has 1 amide bonds. The first-order chi connectivity index (χ1) is 5.87. The zero-order valence-corrected chi connectivity index (χ0v) is 8.64. The van der Waals surface area contributed by atoms with Gasteiger partial charge in [0.05, 0.1) is 18.6 Å². The van der Waals surface area contributed by atoms with Crippen LogP contribution in [0.15, 0.2) is 0 Å². The SMILES string of the molecule is COCC(C)(C)NC(=O)CC(C)=O. The van der Waals surface area contributed by atoms with Crippen LogP contribution in [-0.4, -0.2) is 30.9 Å². The highest BCUT2D eigenvalue weighted by Crippen LogP contribution is 2.02. The number of hydrogen-bond acceptors (Lipinski definition) is 3. The van der Waals surface area contributed by atoms with Crippen LogP contribution in [0.3, 0.4) is 0 Å². The fourth-order valence-electron chi connectivity index (χ4n) is 1.04. The normalized spacial score (nSPS) is 11.1. The van der Waals surface area contributed by atoms with E-state index in [9.17, 15) is 9.59 Å². The molecule has 0 aromatic carbocycles. The van der Waals surface area contributed by atoms with Gasteiger partial charge in [0.1, 0.15) is 5.78 Å². The highest BCUT2D eigenvalue weighted by molar-refractivity contribution is 5.97. The molecule has 0 atom stereocenters. The van der Waals surface area contributed by atoms with Gasteiger partial charge in [-0.15, -0.1) is 0 Å². The Bertz CT molecular complexity index is 199. The summed E-state index contributed by atoms with van der Waals surface area (Å²) in [5.74, 6) is -0.389. The molecule has 0 radical (unpaired) electrons. The third-order valence-corrected chi connectivity index (χ3v) is 1.39. The highest BCUT2D eigenvalue weighted by atomic mass is 16.5. The van der Waals surface area contributed by atoms with E-state index in [4.69, 9.17) is 4.74 Å². The predicted molar refractivity (Wildman–Crippen MR) is 49.4 cm³/mol. The van der Waals surface area contributed by atoms with E-state index < -0.39 is 5.54 Å². The predicted octanol–water partition coefficient (Wildman–Crippen LogP) is 0.507. The van der Waals surface area contributed by atoms with E-state index in [-0.39, 0.29) is 18.1 Å². The molecule has 0 saturated carbocycles. The molecule has 0 aromatic rings. The molecule has 0 saturated heterocycles. The molecule has 0 fully saturated rings. The maximum atomic E-state index is 11.2. The second-order valence-corrected chi connectivity index (χ2v) is 3.74. The molecule has 1 N–H and O–H groups in total. The van der Waals surface area contributed by atoms with Crippen LogP contribution < -0.4 is 5.32 Å². The van der Waals surface area contributed by atoms with Gasteiger partial charge in [0.25, 0.3) is 0 Å². The monoisotopic (exact) mass is 187 g/mol. The van der Waals surface area contributed by atoms with Gasteiger partial charge in [-0.25, -0.2) is 0 Å². The van der Waals surface area contributed by atoms with E-state index in [1.54, 1.807) is 7.11 Å². The topological polar surface area (TPSA) is 55.4 Å². The van der Waals surface area contributed by atoms with Gasteiger partial charge in [-0.1, -0.05) is 0 Å². The average Bonchev–Trinajstić information content (AvgIpc) is 1.81. The Labute approximate surface area is 78.6 Å². The minimum Gasteiger partial charge on any atom is -0.382 e. The molecule has 0 heterocycles. The first kappa shape index (κ1) is 12.1. The van der Waals surface area contributed by atoms with Crippen molar-refractivity contribution in [3.05, 3.63) is 0 Å². The summed E-state index contributed by atoms with van der Waals surface area (Å²) in [6.07, 6.45) is -0.0624. The van der Waals surface area contributed by atoms with Crippen molar-refractivity contribution in [3.63, 3.8) is 0 Å². The number of methoxy groups -OCH3 is 1. The number of ether oxygens (including phenoxy) is 1. The molecule has 0 aliphatic rings. The molecule has 0 rings (SSSR count). The van der Waals surface area contributed by atoms with Gasteiger partial charge < -0.3 is 10.1 Å². The van der Waals surface area contributed by atoms with E-state index in [2.05, 4.69) is 5.32 Å². The third-order valence-electron chi connectivity index (χ3n) is 1.39. The fraction of sp³-hybridized carbons (Fsp3) is 0.778. The summed E-state index contributed by atoms with van der Waals surface area (Å²) in [6.45, 7) is 5.50. The van der Waals surface area contributed by atoms with E-state index in [1.807, 2.05) is 13.8 Å². The molecule has 0 unspecified atom stereocenters. The van der Waals surface area contributed by atoms with Crippen LogP contribution in [0, 0.1) is 0 Å². The minimum absolute atomic E-state index is 0.0624. The quantitative estimate of drug-likeness (QED) is 0.638. The minimum atomic E-state index is -0.415. The van der Waals surface area contributed by atoms with Crippen LogP contribution in [0.5, 0.6) is 0 Å². The maximum Gasteiger partial charge on any atom is 0.227 e. The van der Waals surface area contributed by atoms with E-state index in [0.29, 0.717) is 6.61 Å². The summed E-state index contributed by atoms with van der Waals surface area (Å²) >= 11 is 0. The molecule has 0 spiro atoms. The van der Waals surface area contributed by atoms with Crippen molar-refractivity contribution in [2.45, 2.75) is 32.7 Å². The Kier molecular flexibility index (Phi) is 4.62. The van der Waals surface area contributed by atoms with Crippen LogP contribution in [0.25, 0.3) is 0 Å². The zero-order chi connectivity index (χ0) is 10.5. The van der Waals surface area contributed by atoms with Crippen LogP contribution in [0.2, 0.25) is 0 Å². The zero-order valence-electron chi connectivity index (χ0n) is 8.64. The van der Waals surface area contributed by atoms with Crippen molar-refractivity contribution < 1.29 is 14.3 Å². The summed E-state index contributed by atoms with van der Waals surface area (Å²) in [4.78, 5) is 21.8. The molecule has 0 aromatic heterocycles. The van der Waals surface area contributed by atoms with Gasteiger partial charge >= 0.3 is 0 Å². The van der Waals surface area contributed by atoms with Crippen molar-refractivity contribution >= 4 is 11.7 Å². The largest absolute Gasteiger partial charge is 0.382 e. The van der Waals surface area contributed by atoms with Crippen molar-refractivity contribution in [3.8, 4) is 0 Å². The van der Waals surface area contributed by atoms with Crippen molar-refractivity contribution in [2.75, 3.05) is 13.7 Å². The summed E-state index contributed by atoms with van der Waals surface area (Å²) in [5.41, 5.74) is -0.415. The second-order valence-electron chi connectivity index (χ2n) is 3.74. The Morgan fingerprint density at radius 2 is 1.92 bits per heavy atom. The van der Waals surface area contributed by atoms with Crippen LogP contribution in [0.4, 0.5) is 0 Å². The third kappa shape index (κ3) is 6.28. The van der Waals surface area contributed by atoms with Gasteiger partial charge in [0.2, 0.25) is 5.91 Å². The molecule has 0 aliphatic heterocycles. The number of hydrogen-bond donors (Lipinski definition) is 1. The molecule has 0 aliphatic carbocycles. The molecule has 13 heavy (non-hydrogen) atoms. The van der Waals surface area contributed by atoms with Crippen LogP contribution in [0.1, 0.15) is 27.2 Å². The summed E-state index contributed by atoms with van der Waals surface area (Å²) in [7, 11) is 1.57. The lowest BCUT2D eigenvalue weighted by Gasteiger charge is -2.24. The molecular weight excluding hydrogens is 170 g/mol. The van der Waals surface area contributed by atoms with Crippen LogP contribution in [-0.2, 0) is 14.3 Å².